The van der Waals surface area contributed by atoms with Crippen LogP contribution in [0.1, 0.15) is 45.6 Å². The fraction of sp³-hybridized carbons (Fsp3) is 0.429. The Balaban J connectivity index is 0.00000106. The average Bonchev–Trinajstić information content (AvgIpc) is 3.68. The fourth-order valence-corrected chi connectivity index (χ4v) is 4.10. The Bertz CT molecular complexity index is 1060. The summed E-state index contributed by atoms with van der Waals surface area (Å²) in [6.45, 7) is 6.57. The largest absolute Gasteiger partial charge is 0.497 e. The van der Waals surface area contributed by atoms with Crippen LogP contribution in [0.4, 0.5) is 10.1 Å². The number of halogens is 1. The molecule has 35 heavy (non-hydrogen) atoms. The molecule has 1 heterocycles. The molecule has 0 aromatic heterocycles. The van der Waals surface area contributed by atoms with Crippen LogP contribution in [0.5, 0.6) is 11.5 Å². The summed E-state index contributed by atoms with van der Waals surface area (Å²) < 4.78 is 26.0. The normalized spacial score (nSPS) is 16.5. The summed E-state index contributed by atoms with van der Waals surface area (Å²) >= 11 is 0. The molecule has 2 aromatic rings. The number of rotatable bonds is 9. The molecular weight excluding hydrogens is 460 g/mol. The predicted octanol–water partition coefficient (Wildman–Crippen LogP) is 6.14. The van der Waals surface area contributed by atoms with Crippen LogP contribution >= 0.6 is 8.58 Å². The number of methoxy groups -OCH3 is 1. The van der Waals surface area contributed by atoms with Crippen molar-refractivity contribution < 1.29 is 13.9 Å². The van der Waals surface area contributed by atoms with Crippen molar-refractivity contribution in [3.8, 4) is 11.5 Å². The molecule has 0 atom stereocenters. The minimum Gasteiger partial charge on any atom is -0.497 e. The molecule has 7 heteroatoms. The molecule has 0 bridgehead atoms. The van der Waals surface area contributed by atoms with E-state index in [1.54, 1.807) is 12.1 Å². The highest BCUT2D eigenvalue weighted by Crippen LogP contribution is 2.44. The lowest BCUT2D eigenvalue weighted by molar-refractivity contribution is 0.347. The van der Waals surface area contributed by atoms with E-state index in [2.05, 4.69) is 32.9 Å². The first-order chi connectivity index (χ1) is 16.8. The number of hydrogen-bond acceptors (Lipinski definition) is 5. The Labute approximate surface area is 211 Å². The zero-order valence-electron chi connectivity index (χ0n) is 21.4. The zero-order valence-corrected chi connectivity index (χ0v) is 22.4. The van der Waals surface area contributed by atoms with Gasteiger partial charge in [-0.3, -0.25) is 5.01 Å². The molecule has 0 spiro atoms. The number of allylic oxidation sites excluding steroid dienone is 2. The van der Waals surface area contributed by atoms with Crippen LogP contribution in [0.15, 0.2) is 65.5 Å². The third-order valence-corrected chi connectivity index (χ3v) is 6.64. The molecular formula is C28H39FN3O2P. The molecule has 0 saturated carbocycles. The summed E-state index contributed by atoms with van der Waals surface area (Å²) in [6, 6.07) is 12.5. The number of anilines is 1. The fourth-order valence-electron chi connectivity index (χ4n) is 4.10. The first-order valence-corrected chi connectivity index (χ1v) is 13.7. The van der Waals surface area contributed by atoms with Gasteiger partial charge in [-0.2, -0.15) is 0 Å². The Kier molecular flexibility index (Phi) is 9.59. The lowest BCUT2D eigenvalue weighted by atomic mass is 9.83. The number of ether oxygens (including phenoxy) is 2. The quantitative estimate of drug-likeness (QED) is 0.246. The van der Waals surface area contributed by atoms with E-state index in [1.807, 2.05) is 18.2 Å². The number of hydrogen-bond donors (Lipinski definition) is 2. The van der Waals surface area contributed by atoms with E-state index in [1.165, 1.54) is 44.7 Å². The molecule has 1 aliphatic heterocycles. The molecule has 4 rings (SSSR count). The highest BCUT2D eigenvalue weighted by atomic mass is 31.1. The molecule has 5 nitrogen and oxygen atoms in total. The number of hydrazine groups is 1. The van der Waals surface area contributed by atoms with Gasteiger partial charge in [0.2, 0.25) is 0 Å². The summed E-state index contributed by atoms with van der Waals surface area (Å²) in [5.41, 5.74) is 9.82. The van der Waals surface area contributed by atoms with Crippen molar-refractivity contribution in [3.63, 3.8) is 0 Å². The monoisotopic (exact) mass is 499 g/mol. The molecule has 0 amide bonds. The lowest BCUT2D eigenvalue weighted by Gasteiger charge is -2.32. The van der Waals surface area contributed by atoms with E-state index in [4.69, 9.17) is 21.1 Å². The van der Waals surface area contributed by atoms with Gasteiger partial charge in [0.05, 0.1) is 24.2 Å². The summed E-state index contributed by atoms with van der Waals surface area (Å²) in [4.78, 5) is 0. The van der Waals surface area contributed by atoms with E-state index in [0.717, 1.165) is 37.0 Å². The smallest absolute Gasteiger partial charge is 0.148 e. The first-order valence-electron chi connectivity index (χ1n) is 12.3. The van der Waals surface area contributed by atoms with E-state index < -0.39 is 5.82 Å². The van der Waals surface area contributed by atoms with Gasteiger partial charge in [-0.05, 0) is 72.4 Å². The molecule has 0 radical (unpaired) electrons. The van der Waals surface area contributed by atoms with Gasteiger partial charge in [0, 0.05) is 6.07 Å². The standard InChI is InChI=1S/C26H34FN3O2.C2H5P/c1-5-8-18-9-6-10-20(15-18)32-17-23(28)25(21-11-7-14-26(21,2)3)30(29)24-16-19(31-4)12-13-22(24)27;1-2-3-1/h6,9-13,15-16H,5,7-8,14,17,28-29H2,1-4H3;3H,1-2H2/b25-23-;. The van der Waals surface area contributed by atoms with E-state index >= 15 is 0 Å². The van der Waals surface area contributed by atoms with Crippen LogP contribution in [0.25, 0.3) is 0 Å². The minimum atomic E-state index is -0.455. The number of aryl methyl sites for hydroxylation is 1. The molecule has 1 fully saturated rings. The van der Waals surface area contributed by atoms with E-state index in [9.17, 15) is 4.39 Å². The van der Waals surface area contributed by atoms with Crippen molar-refractivity contribution in [1.82, 2.24) is 0 Å². The van der Waals surface area contributed by atoms with Gasteiger partial charge in [0.15, 0.2) is 0 Å². The van der Waals surface area contributed by atoms with Crippen LogP contribution in [-0.2, 0) is 6.42 Å². The Morgan fingerprint density at radius 1 is 1.14 bits per heavy atom. The van der Waals surface area contributed by atoms with Crippen LogP contribution in [0.2, 0.25) is 0 Å². The van der Waals surface area contributed by atoms with Crippen molar-refractivity contribution >= 4 is 14.3 Å². The highest BCUT2D eigenvalue weighted by molar-refractivity contribution is 7.46. The van der Waals surface area contributed by atoms with E-state index in [0.29, 0.717) is 17.1 Å². The van der Waals surface area contributed by atoms with Gasteiger partial charge in [-0.15, -0.1) is 8.58 Å². The van der Waals surface area contributed by atoms with Crippen molar-refractivity contribution in [3.05, 3.63) is 76.9 Å². The predicted molar refractivity (Wildman–Crippen MR) is 146 cm³/mol. The summed E-state index contributed by atoms with van der Waals surface area (Å²) in [5, 5.41) is 1.32. The molecule has 1 saturated heterocycles. The third-order valence-electron chi connectivity index (χ3n) is 6.14. The third kappa shape index (κ3) is 7.46. The number of benzene rings is 2. The second-order valence-electron chi connectivity index (χ2n) is 9.54. The average molecular weight is 500 g/mol. The molecule has 2 aliphatic rings. The first kappa shape index (κ1) is 27.0. The molecule has 0 unspecified atom stereocenters. The second kappa shape index (κ2) is 12.4. The molecule has 190 valence electrons. The number of nitrogens with zero attached hydrogens (tertiary/aromatic N) is 1. The lowest BCUT2D eigenvalue weighted by Crippen LogP contribution is -2.37. The maximum Gasteiger partial charge on any atom is 0.148 e. The van der Waals surface area contributed by atoms with Crippen molar-refractivity contribution in [1.29, 1.82) is 0 Å². The van der Waals surface area contributed by atoms with Gasteiger partial charge in [0.25, 0.3) is 0 Å². The second-order valence-corrected chi connectivity index (χ2v) is 11.0. The molecule has 2 aromatic carbocycles. The van der Waals surface area contributed by atoms with Crippen molar-refractivity contribution in [2.24, 2.45) is 17.0 Å². The highest BCUT2D eigenvalue weighted by Gasteiger charge is 2.34. The molecule has 4 N–H and O–H groups in total. The van der Waals surface area contributed by atoms with Crippen LogP contribution in [0, 0.1) is 11.2 Å². The van der Waals surface area contributed by atoms with Gasteiger partial charge in [-0.1, -0.05) is 45.4 Å². The van der Waals surface area contributed by atoms with Gasteiger partial charge in [-0.25, -0.2) is 10.2 Å². The Morgan fingerprint density at radius 2 is 1.89 bits per heavy atom. The summed E-state index contributed by atoms with van der Waals surface area (Å²) in [7, 11) is 2.87. The van der Waals surface area contributed by atoms with Crippen molar-refractivity contribution in [2.75, 3.05) is 31.0 Å². The van der Waals surface area contributed by atoms with Crippen LogP contribution in [-0.4, -0.2) is 26.0 Å². The minimum absolute atomic E-state index is 0.137. The topological polar surface area (TPSA) is 73.7 Å². The number of nitrogens with two attached hydrogens (primary N) is 2. The molecule has 1 aliphatic carbocycles. The summed E-state index contributed by atoms with van der Waals surface area (Å²) in [6.07, 6.45) is 9.11. The maximum atomic E-state index is 14.7. The Hall–Kier alpha value is -2.56. The van der Waals surface area contributed by atoms with E-state index in [-0.39, 0.29) is 17.7 Å². The van der Waals surface area contributed by atoms with Gasteiger partial charge >= 0.3 is 0 Å². The van der Waals surface area contributed by atoms with Gasteiger partial charge < -0.3 is 15.2 Å². The van der Waals surface area contributed by atoms with Gasteiger partial charge in [0.1, 0.15) is 23.9 Å². The van der Waals surface area contributed by atoms with Crippen LogP contribution in [0.3, 0.4) is 0 Å². The SMILES string of the molecule is C1CP1.CCCc1cccc(OC/C(N)=C(\C2=CCCC2(C)C)N(N)c2cc(OC)ccc2F)c1. The van der Waals surface area contributed by atoms with Crippen molar-refractivity contribution in [2.45, 2.75) is 46.5 Å². The Morgan fingerprint density at radius 3 is 2.49 bits per heavy atom. The maximum absolute atomic E-state index is 14.7. The van der Waals surface area contributed by atoms with Crippen LogP contribution < -0.4 is 26.1 Å². The zero-order chi connectivity index (χ0) is 25.4. The summed E-state index contributed by atoms with van der Waals surface area (Å²) in [5.74, 6) is 7.30.